The van der Waals surface area contributed by atoms with Crippen molar-refractivity contribution in [2.45, 2.75) is 11.5 Å². The van der Waals surface area contributed by atoms with Crippen molar-refractivity contribution >= 4 is 23.4 Å². The molecule has 0 aliphatic rings. The van der Waals surface area contributed by atoms with Crippen LogP contribution in [0.5, 0.6) is 0 Å². The second-order valence-corrected chi connectivity index (χ2v) is 7.07. The van der Waals surface area contributed by atoms with Gasteiger partial charge in [0, 0.05) is 21.9 Å². The van der Waals surface area contributed by atoms with E-state index in [9.17, 15) is 4.39 Å². The second-order valence-electron chi connectivity index (χ2n) is 5.65. The number of benzene rings is 2. The smallest absolute Gasteiger partial charge is 0.247 e. The highest BCUT2D eigenvalue weighted by Crippen LogP contribution is 2.24. The van der Waals surface area contributed by atoms with Crippen LogP contribution in [-0.2, 0) is 11.5 Å². The van der Waals surface area contributed by atoms with Gasteiger partial charge >= 0.3 is 0 Å². The second kappa shape index (κ2) is 7.94. The Morgan fingerprint density at radius 3 is 2.37 bits per heavy atom. The Bertz CT molecular complexity index is 948. The molecule has 4 rings (SSSR count). The fourth-order valence-electron chi connectivity index (χ4n) is 2.36. The predicted octanol–water partition coefficient (Wildman–Crippen LogP) is 5.62. The van der Waals surface area contributed by atoms with E-state index in [-0.39, 0.29) is 5.82 Å². The number of rotatable bonds is 6. The summed E-state index contributed by atoms with van der Waals surface area (Å²) in [5.74, 6) is 2.30. The molecule has 0 atom stereocenters. The van der Waals surface area contributed by atoms with E-state index in [4.69, 9.17) is 20.4 Å². The summed E-state index contributed by atoms with van der Waals surface area (Å²) >= 11 is 7.47. The molecule has 0 amide bonds. The van der Waals surface area contributed by atoms with Crippen molar-refractivity contribution in [3.63, 3.8) is 0 Å². The van der Waals surface area contributed by atoms with Crippen molar-refractivity contribution in [1.29, 1.82) is 0 Å². The lowest BCUT2D eigenvalue weighted by atomic mass is 10.2. The molecule has 0 radical (unpaired) electrons. The highest BCUT2D eigenvalue weighted by atomic mass is 35.5. The third-order valence-electron chi connectivity index (χ3n) is 3.68. The molecule has 0 aliphatic carbocycles. The summed E-state index contributed by atoms with van der Waals surface area (Å²) in [5, 5.41) is 8.68. The quantitative estimate of drug-likeness (QED) is 0.418. The molecule has 27 heavy (non-hydrogen) atoms. The van der Waals surface area contributed by atoms with Crippen LogP contribution in [0.2, 0.25) is 5.02 Å². The highest BCUT2D eigenvalue weighted by molar-refractivity contribution is 7.97. The minimum Gasteiger partial charge on any atom is -0.444 e. The van der Waals surface area contributed by atoms with Crippen molar-refractivity contribution in [2.24, 2.45) is 0 Å². The van der Waals surface area contributed by atoms with E-state index in [1.54, 1.807) is 42.3 Å². The van der Waals surface area contributed by atoms with Crippen LogP contribution < -0.4 is 0 Å². The molecule has 136 valence electrons. The molecule has 0 saturated heterocycles. The van der Waals surface area contributed by atoms with Gasteiger partial charge < -0.3 is 8.83 Å². The maximum Gasteiger partial charge on any atom is 0.247 e. The summed E-state index contributed by atoms with van der Waals surface area (Å²) < 4.78 is 24.1. The van der Waals surface area contributed by atoms with E-state index >= 15 is 0 Å². The lowest BCUT2D eigenvalue weighted by molar-refractivity contribution is 0.528. The monoisotopic (exact) mass is 401 g/mol. The zero-order chi connectivity index (χ0) is 18.6. The molecule has 0 aliphatic heterocycles. The molecule has 8 heteroatoms. The van der Waals surface area contributed by atoms with Crippen LogP contribution in [0.25, 0.3) is 22.9 Å². The van der Waals surface area contributed by atoms with E-state index in [1.165, 1.54) is 12.1 Å². The predicted molar refractivity (Wildman–Crippen MR) is 102 cm³/mol. The van der Waals surface area contributed by atoms with E-state index < -0.39 is 0 Å². The molecule has 0 fully saturated rings. The van der Waals surface area contributed by atoms with Crippen LogP contribution in [0.4, 0.5) is 4.39 Å². The number of oxazole rings is 1. The zero-order valence-electron chi connectivity index (χ0n) is 13.9. The molecule has 0 unspecified atom stereocenters. The molecular weight excluding hydrogens is 389 g/mol. The van der Waals surface area contributed by atoms with Gasteiger partial charge in [-0.15, -0.1) is 22.0 Å². The van der Waals surface area contributed by atoms with E-state index in [0.29, 0.717) is 39.8 Å². The maximum atomic E-state index is 13.0. The SMILES string of the molecule is Fc1ccc(-c2nnc(CSCc3coc(-c4ccc(Cl)cc4)n3)o2)cc1. The third kappa shape index (κ3) is 4.37. The first-order valence-electron chi connectivity index (χ1n) is 8.04. The van der Waals surface area contributed by atoms with E-state index in [2.05, 4.69) is 15.2 Å². The van der Waals surface area contributed by atoms with Gasteiger partial charge in [-0.3, -0.25) is 0 Å². The zero-order valence-corrected chi connectivity index (χ0v) is 15.5. The van der Waals surface area contributed by atoms with Gasteiger partial charge in [0.2, 0.25) is 17.7 Å². The van der Waals surface area contributed by atoms with Crippen molar-refractivity contribution < 1.29 is 13.2 Å². The molecule has 2 heterocycles. The molecule has 2 aromatic carbocycles. The first-order valence-corrected chi connectivity index (χ1v) is 9.57. The Morgan fingerprint density at radius 2 is 1.59 bits per heavy atom. The number of aromatic nitrogens is 3. The van der Waals surface area contributed by atoms with E-state index in [0.717, 1.165) is 11.3 Å². The Kier molecular flexibility index (Phi) is 5.22. The summed E-state index contributed by atoms with van der Waals surface area (Å²) in [7, 11) is 0. The largest absolute Gasteiger partial charge is 0.444 e. The molecule has 0 N–H and O–H groups in total. The van der Waals surface area contributed by atoms with Crippen LogP contribution in [-0.4, -0.2) is 15.2 Å². The molecule has 0 saturated carbocycles. The fraction of sp³-hybridized carbons (Fsp3) is 0.105. The van der Waals surface area contributed by atoms with Crippen LogP contribution in [0.15, 0.2) is 63.6 Å². The molecule has 0 bridgehead atoms. The Morgan fingerprint density at radius 1 is 0.889 bits per heavy atom. The van der Waals surface area contributed by atoms with Gasteiger partial charge in [0.15, 0.2) is 0 Å². The minimum absolute atomic E-state index is 0.306. The summed E-state index contributed by atoms with van der Waals surface area (Å²) in [5.41, 5.74) is 2.38. The van der Waals surface area contributed by atoms with Gasteiger partial charge in [0.25, 0.3) is 0 Å². The first-order chi connectivity index (χ1) is 13.2. The van der Waals surface area contributed by atoms with E-state index in [1.807, 2.05) is 12.1 Å². The summed E-state index contributed by atoms with van der Waals surface area (Å²) in [6.45, 7) is 0. The number of nitrogens with zero attached hydrogens (tertiary/aromatic N) is 3. The van der Waals surface area contributed by atoms with Crippen LogP contribution in [0, 0.1) is 5.82 Å². The maximum absolute atomic E-state index is 13.0. The van der Waals surface area contributed by atoms with Gasteiger partial charge in [-0.1, -0.05) is 11.6 Å². The van der Waals surface area contributed by atoms with Crippen LogP contribution in [0.1, 0.15) is 11.6 Å². The lowest BCUT2D eigenvalue weighted by Crippen LogP contribution is -1.85. The molecule has 0 spiro atoms. The van der Waals surface area contributed by atoms with Crippen molar-refractivity contribution in [1.82, 2.24) is 15.2 Å². The van der Waals surface area contributed by atoms with Gasteiger partial charge in [0.05, 0.1) is 11.4 Å². The normalized spacial score (nSPS) is 11.0. The lowest BCUT2D eigenvalue weighted by Gasteiger charge is -1.96. The average molecular weight is 402 g/mol. The third-order valence-corrected chi connectivity index (χ3v) is 4.88. The molecule has 2 aromatic heterocycles. The van der Waals surface area contributed by atoms with Crippen molar-refractivity contribution in [2.75, 3.05) is 0 Å². The summed E-state index contributed by atoms with van der Waals surface area (Å²) in [4.78, 5) is 4.47. The standard InChI is InChI=1S/C19H13ClFN3O2S/c20-14-5-1-12(2-6-14)18-22-16(9-25-18)10-27-11-17-23-24-19(26-17)13-3-7-15(21)8-4-13/h1-9H,10-11H2. The van der Waals surface area contributed by atoms with Crippen molar-refractivity contribution in [3.05, 3.63) is 77.2 Å². The topological polar surface area (TPSA) is 65.0 Å². The Hall–Kier alpha value is -2.64. The molecular formula is C19H13ClFN3O2S. The van der Waals surface area contributed by atoms with Crippen molar-refractivity contribution in [3.8, 4) is 22.9 Å². The van der Waals surface area contributed by atoms with Gasteiger partial charge in [-0.05, 0) is 48.5 Å². The fourth-order valence-corrected chi connectivity index (χ4v) is 3.22. The summed E-state index contributed by atoms with van der Waals surface area (Å²) in [6.07, 6.45) is 1.63. The molecule has 5 nitrogen and oxygen atoms in total. The summed E-state index contributed by atoms with van der Waals surface area (Å²) in [6, 6.07) is 13.2. The first kappa shape index (κ1) is 17.8. The van der Waals surface area contributed by atoms with Gasteiger partial charge in [0.1, 0.15) is 12.1 Å². The average Bonchev–Trinajstić information content (AvgIpc) is 3.33. The van der Waals surface area contributed by atoms with Crippen LogP contribution >= 0.6 is 23.4 Å². The van der Waals surface area contributed by atoms with Crippen LogP contribution in [0.3, 0.4) is 0 Å². The van der Waals surface area contributed by atoms with Gasteiger partial charge in [-0.2, -0.15) is 0 Å². The molecule has 4 aromatic rings. The van der Waals surface area contributed by atoms with Gasteiger partial charge in [-0.25, -0.2) is 9.37 Å². The Labute approximate surface area is 163 Å². The highest BCUT2D eigenvalue weighted by Gasteiger charge is 2.10. The number of halogens is 2. The Balaban J connectivity index is 1.34. The number of hydrogen-bond donors (Lipinski definition) is 0. The number of hydrogen-bond acceptors (Lipinski definition) is 6. The number of thioether (sulfide) groups is 1. The minimum atomic E-state index is -0.306.